The van der Waals surface area contributed by atoms with E-state index < -0.39 is 0 Å². The normalized spacial score (nSPS) is 16.3. The SMILES string of the molecule is C=C(/C=C/N)Nc1cc2c(cc1C(C)(C)C)C2(C)C. The van der Waals surface area contributed by atoms with Crippen LogP contribution in [0, 0.1) is 0 Å². The zero-order valence-corrected chi connectivity index (χ0v) is 12.6. The molecule has 2 nitrogen and oxygen atoms in total. The summed E-state index contributed by atoms with van der Waals surface area (Å²) in [7, 11) is 0. The van der Waals surface area contributed by atoms with Crippen LogP contribution in [0.25, 0.3) is 0 Å². The first-order valence-electron chi connectivity index (χ1n) is 6.71. The molecular weight excluding hydrogens is 232 g/mol. The Balaban J connectivity index is 2.43. The molecule has 0 amide bonds. The Kier molecular flexibility index (Phi) is 3.00. The van der Waals surface area contributed by atoms with E-state index in [1.807, 2.05) is 0 Å². The molecule has 0 radical (unpaired) electrons. The van der Waals surface area contributed by atoms with Crippen LogP contribution in [0.2, 0.25) is 0 Å². The quantitative estimate of drug-likeness (QED) is 0.802. The summed E-state index contributed by atoms with van der Waals surface area (Å²) in [6.07, 6.45) is 3.29. The van der Waals surface area contributed by atoms with E-state index in [0.29, 0.717) is 0 Å². The summed E-state index contributed by atoms with van der Waals surface area (Å²) >= 11 is 0. The summed E-state index contributed by atoms with van der Waals surface area (Å²) in [4.78, 5) is 0. The van der Waals surface area contributed by atoms with Crippen LogP contribution in [0.3, 0.4) is 0 Å². The van der Waals surface area contributed by atoms with Gasteiger partial charge in [0.25, 0.3) is 0 Å². The molecular formula is C17H24N2. The monoisotopic (exact) mass is 256 g/mol. The van der Waals surface area contributed by atoms with Gasteiger partial charge in [0.05, 0.1) is 0 Å². The fraction of sp³-hybridized carbons (Fsp3) is 0.412. The molecule has 0 fully saturated rings. The van der Waals surface area contributed by atoms with Gasteiger partial charge in [0.2, 0.25) is 0 Å². The Morgan fingerprint density at radius 1 is 1.26 bits per heavy atom. The second-order valence-corrected chi connectivity index (χ2v) is 6.83. The molecule has 0 spiro atoms. The summed E-state index contributed by atoms with van der Waals surface area (Å²) in [5.74, 6) is 0. The second-order valence-electron chi connectivity index (χ2n) is 6.83. The van der Waals surface area contributed by atoms with E-state index in [1.54, 1.807) is 6.08 Å². The Morgan fingerprint density at radius 3 is 2.37 bits per heavy atom. The second kappa shape index (κ2) is 4.16. The third-order valence-corrected chi connectivity index (χ3v) is 3.84. The van der Waals surface area contributed by atoms with Crippen molar-refractivity contribution in [2.45, 2.75) is 45.4 Å². The molecule has 0 bridgehead atoms. The van der Waals surface area contributed by atoms with Crippen molar-refractivity contribution in [1.82, 2.24) is 0 Å². The van der Waals surface area contributed by atoms with E-state index in [0.717, 1.165) is 11.4 Å². The molecule has 102 valence electrons. The third kappa shape index (κ3) is 2.40. The molecule has 1 aromatic carbocycles. The molecule has 2 heteroatoms. The van der Waals surface area contributed by atoms with Crippen molar-refractivity contribution in [1.29, 1.82) is 0 Å². The van der Waals surface area contributed by atoms with Gasteiger partial charge in [-0.15, -0.1) is 0 Å². The number of nitrogens with one attached hydrogen (secondary N) is 1. The Hall–Kier alpha value is -1.70. The molecule has 0 aliphatic heterocycles. The number of allylic oxidation sites excluding steroid dienone is 1. The molecule has 19 heavy (non-hydrogen) atoms. The van der Waals surface area contributed by atoms with E-state index in [2.05, 4.69) is 58.6 Å². The molecule has 0 aromatic heterocycles. The summed E-state index contributed by atoms with van der Waals surface area (Å²) in [5.41, 5.74) is 11.9. The van der Waals surface area contributed by atoms with Crippen LogP contribution in [0.5, 0.6) is 0 Å². The highest BCUT2D eigenvalue weighted by Gasteiger charge is 2.43. The molecule has 0 atom stereocenters. The zero-order chi connectivity index (χ0) is 14.4. The van der Waals surface area contributed by atoms with Gasteiger partial charge in [0, 0.05) is 16.8 Å². The van der Waals surface area contributed by atoms with Crippen LogP contribution in [-0.4, -0.2) is 0 Å². The van der Waals surface area contributed by atoms with E-state index in [4.69, 9.17) is 5.73 Å². The van der Waals surface area contributed by atoms with E-state index in [1.165, 1.54) is 22.9 Å². The van der Waals surface area contributed by atoms with Crippen molar-refractivity contribution in [2.24, 2.45) is 5.73 Å². The van der Waals surface area contributed by atoms with Gasteiger partial charge in [-0.3, -0.25) is 0 Å². The average molecular weight is 256 g/mol. The maximum Gasteiger partial charge on any atom is 0.0425 e. The fourth-order valence-electron chi connectivity index (χ4n) is 2.54. The number of hydrogen-bond acceptors (Lipinski definition) is 2. The van der Waals surface area contributed by atoms with Gasteiger partial charge in [0.15, 0.2) is 0 Å². The topological polar surface area (TPSA) is 38.0 Å². The molecule has 0 saturated heterocycles. The highest BCUT2D eigenvalue weighted by Crippen LogP contribution is 2.52. The lowest BCUT2D eigenvalue weighted by Crippen LogP contribution is -2.14. The van der Waals surface area contributed by atoms with E-state index in [9.17, 15) is 0 Å². The van der Waals surface area contributed by atoms with Gasteiger partial charge < -0.3 is 11.1 Å². The van der Waals surface area contributed by atoms with Gasteiger partial charge in [0.1, 0.15) is 0 Å². The van der Waals surface area contributed by atoms with Gasteiger partial charge in [-0.2, -0.15) is 0 Å². The Labute approximate surface area is 116 Å². The molecule has 1 aliphatic carbocycles. The molecule has 0 heterocycles. The van der Waals surface area contributed by atoms with E-state index >= 15 is 0 Å². The predicted octanol–water partition coefficient (Wildman–Crippen LogP) is 4.02. The van der Waals surface area contributed by atoms with Gasteiger partial charge >= 0.3 is 0 Å². The van der Waals surface area contributed by atoms with Crippen LogP contribution in [-0.2, 0) is 10.8 Å². The maximum absolute atomic E-state index is 5.41. The molecule has 3 N–H and O–H groups in total. The summed E-state index contributed by atoms with van der Waals surface area (Å²) in [6.45, 7) is 15.2. The van der Waals surface area contributed by atoms with E-state index in [-0.39, 0.29) is 10.8 Å². The Bertz CT molecular complexity index is 557. The number of benzene rings is 1. The van der Waals surface area contributed by atoms with Crippen molar-refractivity contribution >= 4 is 5.69 Å². The minimum Gasteiger partial charge on any atom is -0.405 e. The van der Waals surface area contributed by atoms with Gasteiger partial charge in [-0.25, -0.2) is 0 Å². The minimum atomic E-state index is 0.0999. The first-order valence-corrected chi connectivity index (χ1v) is 6.71. The molecule has 0 unspecified atom stereocenters. The number of rotatable bonds is 3. The van der Waals surface area contributed by atoms with Crippen molar-refractivity contribution in [2.75, 3.05) is 5.32 Å². The lowest BCUT2D eigenvalue weighted by atomic mass is 9.85. The number of hydrogen-bond donors (Lipinski definition) is 2. The molecule has 2 rings (SSSR count). The van der Waals surface area contributed by atoms with Gasteiger partial charge in [-0.1, -0.05) is 47.3 Å². The largest absolute Gasteiger partial charge is 0.405 e. The van der Waals surface area contributed by atoms with Crippen LogP contribution < -0.4 is 11.1 Å². The van der Waals surface area contributed by atoms with Crippen LogP contribution in [0.1, 0.15) is 51.3 Å². The van der Waals surface area contributed by atoms with Crippen LogP contribution in [0.15, 0.2) is 36.7 Å². The van der Waals surface area contributed by atoms with Crippen molar-refractivity contribution in [3.05, 3.63) is 53.4 Å². The minimum absolute atomic E-state index is 0.0999. The van der Waals surface area contributed by atoms with Crippen molar-refractivity contribution < 1.29 is 0 Å². The number of nitrogens with two attached hydrogens (primary N) is 1. The van der Waals surface area contributed by atoms with Crippen molar-refractivity contribution in [3.8, 4) is 0 Å². The predicted molar refractivity (Wildman–Crippen MR) is 83.4 cm³/mol. The smallest absolute Gasteiger partial charge is 0.0425 e. The summed E-state index contributed by atoms with van der Waals surface area (Å²) in [6, 6.07) is 4.59. The first kappa shape index (κ1) is 13.7. The average Bonchev–Trinajstić information content (AvgIpc) is 2.78. The van der Waals surface area contributed by atoms with Gasteiger partial charge in [-0.05, 0) is 40.4 Å². The lowest BCUT2D eigenvalue weighted by molar-refractivity contribution is 0.592. The maximum atomic E-state index is 5.41. The number of fused-ring (bicyclic) bond motifs is 1. The Morgan fingerprint density at radius 2 is 1.84 bits per heavy atom. The highest BCUT2D eigenvalue weighted by atomic mass is 14.9. The fourth-order valence-corrected chi connectivity index (χ4v) is 2.54. The third-order valence-electron chi connectivity index (χ3n) is 3.84. The first-order chi connectivity index (χ1) is 8.67. The number of anilines is 1. The highest BCUT2D eigenvalue weighted by molar-refractivity contribution is 5.71. The molecule has 1 aromatic rings. The van der Waals surface area contributed by atoms with Crippen LogP contribution in [0.4, 0.5) is 5.69 Å². The lowest BCUT2D eigenvalue weighted by Gasteiger charge is -2.23. The zero-order valence-electron chi connectivity index (χ0n) is 12.6. The van der Waals surface area contributed by atoms with Crippen LogP contribution >= 0.6 is 0 Å². The molecule has 1 aliphatic rings. The van der Waals surface area contributed by atoms with Crippen molar-refractivity contribution in [3.63, 3.8) is 0 Å². The summed E-state index contributed by atoms with van der Waals surface area (Å²) in [5, 5.41) is 3.37. The summed E-state index contributed by atoms with van der Waals surface area (Å²) < 4.78 is 0. The standard InChI is InChI=1S/C17H24N2/c1-11(7-8-18)19-15-10-13-12(17(13,5)6)9-14(15)16(2,3)4/h7-10,19H,1,18H2,2-6H3/b8-7+. The molecule has 0 saturated carbocycles.